The Morgan fingerprint density at radius 3 is 2.69 bits per heavy atom. The molecular weight excluding hydrogens is 390 g/mol. The van der Waals surface area contributed by atoms with Crippen LogP contribution < -0.4 is 10.0 Å². The molecule has 0 fully saturated rings. The van der Waals surface area contributed by atoms with Crippen LogP contribution in [0.3, 0.4) is 0 Å². The Morgan fingerprint density at radius 1 is 1.10 bits per heavy atom. The molecule has 1 aliphatic rings. The Morgan fingerprint density at radius 2 is 1.90 bits per heavy atom. The Labute approximate surface area is 169 Å². The van der Waals surface area contributed by atoms with Crippen molar-refractivity contribution in [3.05, 3.63) is 47.4 Å². The van der Waals surface area contributed by atoms with Crippen LogP contribution >= 0.6 is 0 Å². The number of pyridine rings is 1. The molecule has 0 saturated carbocycles. The SMILES string of the molecule is Cc1cc(C(=O)Nc2cccc(NS(C)(=O)=O)c2)c2nc3n(c2n1)CCCCC3. The summed E-state index contributed by atoms with van der Waals surface area (Å²) < 4.78 is 27.4. The van der Waals surface area contributed by atoms with Crippen LogP contribution in [0, 0.1) is 6.92 Å². The molecule has 3 aromatic rings. The van der Waals surface area contributed by atoms with E-state index in [9.17, 15) is 13.2 Å². The molecule has 1 amide bonds. The van der Waals surface area contributed by atoms with Gasteiger partial charge in [-0.25, -0.2) is 18.4 Å². The highest BCUT2D eigenvalue weighted by atomic mass is 32.2. The van der Waals surface area contributed by atoms with E-state index in [1.807, 2.05) is 6.92 Å². The molecule has 152 valence electrons. The molecule has 0 aliphatic carbocycles. The molecule has 9 heteroatoms. The maximum absolute atomic E-state index is 13.0. The number of fused-ring (bicyclic) bond motifs is 3. The van der Waals surface area contributed by atoms with Crippen molar-refractivity contribution < 1.29 is 13.2 Å². The van der Waals surface area contributed by atoms with Crippen LogP contribution in [0.5, 0.6) is 0 Å². The van der Waals surface area contributed by atoms with E-state index in [-0.39, 0.29) is 5.91 Å². The first kappa shape index (κ1) is 19.4. The highest BCUT2D eigenvalue weighted by molar-refractivity contribution is 7.92. The average molecular weight is 414 g/mol. The van der Waals surface area contributed by atoms with Crippen molar-refractivity contribution in [2.45, 2.75) is 39.2 Å². The van der Waals surface area contributed by atoms with Gasteiger partial charge in [0.25, 0.3) is 5.91 Å². The minimum Gasteiger partial charge on any atom is -0.322 e. The van der Waals surface area contributed by atoms with Gasteiger partial charge in [-0.3, -0.25) is 9.52 Å². The number of benzene rings is 1. The molecule has 1 aromatic carbocycles. The van der Waals surface area contributed by atoms with Crippen molar-refractivity contribution in [2.75, 3.05) is 16.3 Å². The van der Waals surface area contributed by atoms with Crippen molar-refractivity contribution in [1.82, 2.24) is 14.5 Å². The van der Waals surface area contributed by atoms with Gasteiger partial charge in [-0.1, -0.05) is 12.5 Å². The van der Waals surface area contributed by atoms with Gasteiger partial charge in [0.05, 0.1) is 17.5 Å². The number of imidazole rings is 1. The van der Waals surface area contributed by atoms with Crippen molar-refractivity contribution in [2.24, 2.45) is 0 Å². The van der Waals surface area contributed by atoms with Gasteiger partial charge < -0.3 is 9.88 Å². The lowest BCUT2D eigenvalue weighted by atomic mass is 10.1. The zero-order chi connectivity index (χ0) is 20.6. The van der Waals surface area contributed by atoms with Crippen LogP contribution in [0.1, 0.15) is 41.1 Å². The van der Waals surface area contributed by atoms with Crippen LogP contribution in [0.2, 0.25) is 0 Å². The van der Waals surface area contributed by atoms with E-state index in [2.05, 4.69) is 19.6 Å². The second-order valence-corrected chi connectivity index (χ2v) is 9.13. The summed E-state index contributed by atoms with van der Waals surface area (Å²) in [5, 5.41) is 2.85. The van der Waals surface area contributed by atoms with Gasteiger partial charge >= 0.3 is 0 Å². The molecule has 29 heavy (non-hydrogen) atoms. The van der Waals surface area contributed by atoms with E-state index in [4.69, 9.17) is 4.98 Å². The monoisotopic (exact) mass is 413 g/mol. The summed E-state index contributed by atoms with van der Waals surface area (Å²) in [5.41, 5.74) is 3.45. The maximum atomic E-state index is 13.0. The zero-order valence-electron chi connectivity index (χ0n) is 16.4. The summed E-state index contributed by atoms with van der Waals surface area (Å²) in [6.45, 7) is 2.73. The molecule has 1 aliphatic heterocycles. The predicted octanol–water partition coefficient (Wildman–Crippen LogP) is 3.09. The summed E-state index contributed by atoms with van der Waals surface area (Å²) in [4.78, 5) is 22.4. The molecule has 0 saturated heterocycles. The van der Waals surface area contributed by atoms with Crippen molar-refractivity contribution in [1.29, 1.82) is 0 Å². The Kier molecular flexibility index (Phi) is 4.99. The second-order valence-electron chi connectivity index (χ2n) is 7.38. The number of hydrogen-bond donors (Lipinski definition) is 2. The summed E-state index contributed by atoms with van der Waals surface area (Å²) in [6, 6.07) is 8.32. The summed E-state index contributed by atoms with van der Waals surface area (Å²) in [6.07, 6.45) is 5.30. The van der Waals surface area contributed by atoms with Gasteiger partial charge in [0.15, 0.2) is 5.65 Å². The molecule has 8 nitrogen and oxygen atoms in total. The fraction of sp³-hybridized carbons (Fsp3) is 0.350. The molecule has 0 atom stereocenters. The van der Waals surface area contributed by atoms with Gasteiger partial charge in [-0.2, -0.15) is 0 Å². The third kappa shape index (κ3) is 4.24. The number of carbonyl (C=O) groups is 1. The topological polar surface area (TPSA) is 106 Å². The maximum Gasteiger partial charge on any atom is 0.258 e. The van der Waals surface area contributed by atoms with E-state index in [0.717, 1.165) is 49.2 Å². The standard InChI is InChI=1S/C20H23N5O3S/c1-13-11-16(18-19(21-13)25-10-5-3-4-9-17(25)23-18)20(26)22-14-7-6-8-15(12-14)24-29(2,27)28/h6-8,11-12,24H,3-5,9-10H2,1-2H3,(H,22,26). The molecule has 2 N–H and O–H groups in total. The molecular formula is C20H23N5O3S. The number of hydrogen-bond acceptors (Lipinski definition) is 5. The Balaban J connectivity index is 1.68. The Hall–Kier alpha value is -2.94. The number of nitrogens with zero attached hydrogens (tertiary/aromatic N) is 3. The lowest BCUT2D eigenvalue weighted by molar-refractivity contribution is 0.102. The zero-order valence-corrected chi connectivity index (χ0v) is 17.2. The normalized spacial score (nSPS) is 14.3. The highest BCUT2D eigenvalue weighted by Crippen LogP contribution is 2.25. The van der Waals surface area contributed by atoms with Gasteiger partial charge in [-0.15, -0.1) is 0 Å². The molecule has 0 spiro atoms. The van der Waals surface area contributed by atoms with Crippen LogP contribution in [0.15, 0.2) is 30.3 Å². The van der Waals surface area contributed by atoms with E-state index in [1.54, 1.807) is 30.3 Å². The second kappa shape index (κ2) is 7.47. The third-order valence-corrected chi connectivity index (χ3v) is 5.47. The number of aromatic nitrogens is 3. The molecule has 4 rings (SSSR count). The fourth-order valence-corrected chi connectivity index (χ4v) is 4.22. The fourth-order valence-electron chi connectivity index (χ4n) is 3.66. The van der Waals surface area contributed by atoms with Gasteiger partial charge in [-0.05, 0) is 44.0 Å². The van der Waals surface area contributed by atoms with E-state index >= 15 is 0 Å². The quantitative estimate of drug-likeness (QED) is 0.684. The number of amides is 1. The molecule has 0 radical (unpaired) electrons. The number of sulfonamides is 1. The van der Waals surface area contributed by atoms with Gasteiger partial charge in [0, 0.05) is 24.3 Å². The minimum atomic E-state index is -3.40. The number of carbonyl (C=O) groups excluding carboxylic acids is 1. The first-order chi connectivity index (χ1) is 13.8. The van der Waals surface area contributed by atoms with E-state index in [1.165, 1.54) is 6.42 Å². The largest absolute Gasteiger partial charge is 0.322 e. The highest BCUT2D eigenvalue weighted by Gasteiger charge is 2.21. The predicted molar refractivity (Wildman–Crippen MR) is 113 cm³/mol. The Bertz CT molecular complexity index is 1200. The first-order valence-corrected chi connectivity index (χ1v) is 11.5. The van der Waals surface area contributed by atoms with E-state index in [0.29, 0.717) is 22.5 Å². The number of anilines is 2. The third-order valence-electron chi connectivity index (χ3n) is 4.86. The van der Waals surface area contributed by atoms with Crippen molar-refractivity contribution >= 4 is 38.5 Å². The van der Waals surface area contributed by atoms with Crippen LogP contribution in [0.4, 0.5) is 11.4 Å². The minimum absolute atomic E-state index is 0.301. The first-order valence-electron chi connectivity index (χ1n) is 9.56. The summed E-state index contributed by atoms with van der Waals surface area (Å²) in [5.74, 6) is 0.675. The number of nitrogens with one attached hydrogen (secondary N) is 2. The lowest BCUT2D eigenvalue weighted by Crippen LogP contribution is -2.14. The van der Waals surface area contributed by atoms with Crippen molar-refractivity contribution in [3.63, 3.8) is 0 Å². The average Bonchev–Trinajstić information content (AvgIpc) is 2.82. The molecule has 2 aromatic heterocycles. The molecule has 0 unspecified atom stereocenters. The number of rotatable bonds is 4. The van der Waals surface area contributed by atoms with Crippen LogP contribution in [-0.2, 0) is 23.0 Å². The van der Waals surface area contributed by atoms with Crippen LogP contribution in [-0.4, -0.2) is 35.1 Å². The van der Waals surface area contributed by atoms with Crippen molar-refractivity contribution in [3.8, 4) is 0 Å². The van der Waals surface area contributed by atoms with Crippen LogP contribution in [0.25, 0.3) is 11.2 Å². The van der Waals surface area contributed by atoms with Gasteiger partial charge in [0.1, 0.15) is 11.3 Å². The van der Waals surface area contributed by atoms with Gasteiger partial charge in [0.2, 0.25) is 10.0 Å². The number of aryl methyl sites for hydroxylation is 3. The lowest BCUT2D eigenvalue weighted by Gasteiger charge is -2.10. The molecule has 0 bridgehead atoms. The summed E-state index contributed by atoms with van der Waals surface area (Å²) in [7, 11) is -3.40. The summed E-state index contributed by atoms with van der Waals surface area (Å²) >= 11 is 0. The molecule has 3 heterocycles. The smallest absolute Gasteiger partial charge is 0.258 e. The van der Waals surface area contributed by atoms with E-state index < -0.39 is 10.0 Å².